The summed E-state index contributed by atoms with van der Waals surface area (Å²) in [6.45, 7) is 5.81. The van der Waals surface area contributed by atoms with Gasteiger partial charge in [0.05, 0.1) is 19.3 Å². The van der Waals surface area contributed by atoms with Crippen LogP contribution < -0.4 is 10.6 Å². The number of benzene rings is 1. The molecule has 0 aliphatic carbocycles. The van der Waals surface area contributed by atoms with Crippen molar-refractivity contribution in [1.82, 2.24) is 14.2 Å². The highest BCUT2D eigenvalue weighted by Gasteiger charge is 2.51. The molecule has 37 heavy (non-hydrogen) atoms. The molecule has 1 aromatic carbocycles. The number of morpholine rings is 1. The molecule has 0 radical (unpaired) electrons. The smallest absolute Gasteiger partial charge is 0.384 e. The highest BCUT2D eigenvalue weighted by Crippen LogP contribution is 2.39. The SMILES string of the molecule is C[C@@H]1COCCN1C[C@H]1CN(S(=O)(=O)c2ccc(N)nc2)CCN1c1ccc([C@@](C)(O)C(F)(F)F)cc1. The molecule has 204 valence electrons. The van der Waals surface area contributed by atoms with Crippen molar-refractivity contribution in [3.8, 4) is 0 Å². The predicted octanol–water partition coefficient (Wildman–Crippen LogP) is 2.03. The Kier molecular flexibility index (Phi) is 7.73. The quantitative estimate of drug-likeness (QED) is 0.570. The summed E-state index contributed by atoms with van der Waals surface area (Å²) in [5, 5.41) is 10.0. The number of sulfonamides is 1. The van der Waals surface area contributed by atoms with Crippen molar-refractivity contribution < 1.29 is 31.4 Å². The van der Waals surface area contributed by atoms with E-state index >= 15 is 0 Å². The van der Waals surface area contributed by atoms with Gasteiger partial charge in [0, 0.05) is 50.6 Å². The van der Waals surface area contributed by atoms with Gasteiger partial charge in [0.2, 0.25) is 10.0 Å². The molecule has 3 heterocycles. The number of pyridine rings is 1. The third-order valence-corrected chi connectivity index (χ3v) is 8.95. The van der Waals surface area contributed by atoms with Crippen molar-refractivity contribution >= 4 is 21.5 Å². The minimum Gasteiger partial charge on any atom is -0.384 e. The van der Waals surface area contributed by atoms with Gasteiger partial charge in [0.1, 0.15) is 10.7 Å². The molecule has 0 amide bonds. The fourth-order valence-electron chi connectivity index (χ4n) is 4.68. The van der Waals surface area contributed by atoms with Gasteiger partial charge < -0.3 is 20.5 Å². The van der Waals surface area contributed by atoms with Crippen LogP contribution in [-0.4, -0.2) is 91.9 Å². The van der Waals surface area contributed by atoms with Crippen LogP contribution in [0, 0.1) is 0 Å². The minimum atomic E-state index is -4.82. The molecule has 9 nitrogen and oxygen atoms in total. The van der Waals surface area contributed by atoms with Crippen molar-refractivity contribution in [1.29, 1.82) is 0 Å². The van der Waals surface area contributed by atoms with E-state index in [0.29, 0.717) is 38.5 Å². The Hall–Kier alpha value is -2.45. The van der Waals surface area contributed by atoms with E-state index < -0.39 is 21.8 Å². The maximum Gasteiger partial charge on any atom is 0.421 e. The first-order valence-corrected chi connectivity index (χ1v) is 13.4. The second kappa shape index (κ2) is 10.4. The molecule has 3 atom stereocenters. The average Bonchev–Trinajstić information content (AvgIpc) is 2.85. The highest BCUT2D eigenvalue weighted by molar-refractivity contribution is 7.89. The molecule has 2 aliphatic rings. The third-order valence-electron chi connectivity index (χ3n) is 7.11. The van der Waals surface area contributed by atoms with E-state index in [4.69, 9.17) is 10.5 Å². The number of aromatic nitrogens is 1. The van der Waals surface area contributed by atoms with E-state index in [1.54, 1.807) is 12.1 Å². The first kappa shape index (κ1) is 27.6. The van der Waals surface area contributed by atoms with Gasteiger partial charge in [-0.15, -0.1) is 0 Å². The molecular formula is C24H32F3N5O4S. The summed E-state index contributed by atoms with van der Waals surface area (Å²) in [5.74, 6) is 0.218. The van der Waals surface area contributed by atoms with Crippen LogP contribution in [0.4, 0.5) is 24.7 Å². The van der Waals surface area contributed by atoms with Crippen LogP contribution in [0.25, 0.3) is 0 Å². The number of nitrogens with zero attached hydrogens (tertiary/aromatic N) is 4. The van der Waals surface area contributed by atoms with Gasteiger partial charge in [-0.1, -0.05) is 12.1 Å². The van der Waals surface area contributed by atoms with Gasteiger partial charge in [0.25, 0.3) is 0 Å². The molecule has 2 aliphatic heterocycles. The van der Waals surface area contributed by atoms with Crippen LogP contribution in [0.2, 0.25) is 0 Å². The Bertz CT molecular complexity index is 1180. The van der Waals surface area contributed by atoms with Crippen molar-refractivity contribution in [3.05, 3.63) is 48.2 Å². The minimum absolute atomic E-state index is 0.0485. The number of ether oxygens (including phenoxy) is 1. The molecule has 0 saturated carbocycles. The zero-order valence-corrected chi connectivity index (χ0v) is 21.5. The summed E-state index contributed by atoms with van der Waals surface area (Å²) in [5.41, 5.74) is 3.02. The molecule has 0 bridgehead atoms. The van der Waals surface area contributed by atoms with E-state index in [2.05, 4.69) is 9.88 Å². The predicted molar refractivity (Wildman–Crippen MR) is 132 cm³/mol. The van der Waals surface area contributed by atoms with Crippen molar-refractivity contribution in [2.24, 2.45) is 0 Å². The summed E-state index contributed by atoms with van der Waals surface area (Å²) in [6.07, 6.45) is -3.58. The number of hydrogen-bond acceptors (Lipinski definition) is 8. The van der Waals surface area contributed by atoms with Crippen LogP contribution in [0.3, 0.4) is 0 Å². The second-order valence-electron chi connectivity index (χ2n) is 9.66. The fourth-order valence-corrected chi connectivity index (χ4v) is 6.09. The molecule has 4 rings (SSSR count). The molecule has 2 fully saturated rings. The number of piperazine rings is 1. The van der Waals surface area contributed by atoms with Crippen molar-refractivity contribution in [2.75, 3.05) is 56.6 Å². The standard InChI is InChI=1S/C24H32F3N5O4S/c1-17-16-36-12-11-30(17)14-20-15-31(37(34,35)21-7-8-22(28)29-13-21)9-10-32(20)19-5-3-18(4-6-19)23(2,33)24(25,26)27/h3-8,13,17,20,33H,9-12,14-16H2,1-2H3,(H2,28,29)/t17-,20+,23-/m1/s1. The fraction of sp³-hybridized carbons (Fsp3) is 0.542. The first-order chi connectivity index (χ1) is 17.3. The number of hydrogen-bond donors (Lipinski definition) is 2. The van der Waals surface area contributed by atoms with Gasteiger partial charge in [-0.05, 0) is 43.7 Å². The van der Waals surface area contributed by atoms with Crippen LogP contribution >= 0.6 is 0 Å². The van der Waals surface area contributed by atoms with Gasteiger partial charge in [-0.2, -0.15) is 17.5 Å². The lowest BCUT2D eigenvalue weighted by atomic mass is 9.95. The average molecular weight is 544 g/mol. The molecule has 1 aromatic heterocycles. The Morgan fingerprint density at radius 1 is 1.14 bits per heavy atom. The van der Waals surface area contributed by atoms with E-state index in [0.717, 1.165) is 6.92 Å². The first-order valence-electron chi connectivity index (χ1n) is 12.0. The van der Waals surface area contributed by atoms with Gasteiger partial charge >= 0.3 is 6.18 Å². The van der Waals surface area contributed by atoms with Crippen molar-refractivity contribution in [3.63, 3.8) is 0 Å². The summed E-state index contributed by atoms with van der Waals surface area (Å²) < 4.78 is 73.5. The summed E-state index contributed by atoms with van der Waals surface area (Å²) in [7, 11) is -3.83. The number of anilines is 2. The zero-order chi connectivity index (χ0) is 27.0. The van der Waals surface area contributed by atoms with E-state index in [-0.39, 0.29) is 41.4 Å². The van der Waals surface area contributed by atoms with Crippen molar-refractivity contribution in [2.45, 2.75) is 42.6 Å². The van der Waals surface area contributed by atoms with E-state index in [1.807, 2.05) is 11.8 Å². The molecule has 2 aromatic rings. The summed E-state index contributed by atoms with van der Waals surface area (Å²) in [4.78, 5) is 8.20. The number of aliphatic hydroxyl groups is 1. The highest BCUT2D eigenvalue weighted by atomic mass is 32.2. The molecule has 13 heteroatoms. The van der Waals surface area contributed by atoms with Gasteiger partial charge in [-0.25, -0.2) is 13.4 Å². The molecular weight excluding hydrogens is 511 g/mol. The Balaban J connectivity index is 1.61. The van der Waals surface area contributed by atoms with Crippen LogP contribution in [0.15, 0.2) is 47.5 Å². The lowest BCUT2D eigenvalue weighted by Gasteiger charge is -2.45. The Morgan fingerprint density at radius 2 is 1.84 bits per heavy atom. The largest absolute Gasteiger partial charge is 0.421 e. The lowest BCUT2D eigenvalue weighted by molar-refractivity contribution is -0.258. The summed E-state index contributed by atoms with van der Waals surface area (Å²) >= 11 is 0. The Labute approximate surface area is 214 Å². The maximum atomic E-state index is 13.4. The second-order valence-corrected chi connectivity index (χ2v) is 11.6. The number of nitrogens with two attached hydrogens (primary N) is 1. The van der Waals surface area contributed by atoms with Gasteiger partial charge in [0.15, 0.2) is 5.60 Å². The van der Waals surface area contributed by atoms with E-state index in [1.165, 1.54) is 34.8 Å². The third kappa shape index (κ3) is 5.70. The molecule has 0 unspecified atom stereocenters. The normalized spacial score (nSPS) is 24.1. The van der Waals surface area contributed by atoms with Crippen LogP contribution in [0.1, 0.15) is 19.4 Å². The number of rotatable bonds is 6. The Morgan fingerprint density at radius 3 is 2.43 bits per heavy atom. The lowest BCUT2D eigenvalue weighted by Crippen LogP contribution is -2.60. The maximum absolute atomic E-state index is 13.4. The number of nitrogen functional groups attached to an aromatic ring is 1. The monoisotopic (exact) mass is 543 g/mol. The van der Waals surface area contributed by atoms with Gasteiger partial charge in [-0.3, -0.25) is 4.90 Å². The molecule has 2 saturated heterocycles. The van der Waals surface area contributed by atoms with Crippen LogP contribution in [-0.2, 0) is 20.4 Å². The number of halogens is 3. The van der Waals surface area contributed by atoms with E-state index in [9.17, 15) is 26.7 Å². The topological polar surface area (TPSA) is 112 Å². The zero-order valence-electron chi connectivity index (χ0n) is 20.7. The van der Waals surface area contributed by atoms with Crippen LogP contribution in [0.5, 0.6) is 0 Å². The molecule has 3 N–H and O–H groups in total. The molecule has 0 spiro atoms. The summed E-state index contributed by atoms with van der Waals surface area (Å²) in [6, 6.07) is 8.33. The number of alkyl halides is 3.